The van der Waals surface area contributed by atoms with Crippen LogP contribution in [0.15, 0.2) is 18.3 Å². The first-order valence-electron chi connectivity index (χ1n) is 4.78. The number of nitrogens with zero attached hydrogens (tertiary/aromatic N) is 3. The molecule has 1 aromatic rings. The topological polar surface area (TPSA) is 85.3 Å². The lowest BCUT2D eigenvalue weighted by molar-refractivity contribution is -0.388. The average Bonchev–Trinajstić information content (AvgIpc) is 2.65. The maximum atomic E-state index is 10.7. The van der Waals surface area contributed by atoms with Crippen LogP contribution in [0.25, 0.3) is 0 Å². The molecule has 1 aliphatic heterocycles. The fourth-order valence-corrected chi connectivity index (χ4v) is 1.78. The summed E-state index contributed by atoms with van der Waals surface area (Å²) in [6, 6.07) is 3.51. The molecular formula is C9H12N4O2. The molecule has 1 fully saturated rings. The molecule has 15 heavy (non-hydrogen) atoms. The van der Waals surface area contributed by atoms with E-state index in [2.05, 4.69) is 4.98 Å². The molecule has 1 unspecified atom stereocenters. The SMILES string of the molecule is NC1CCN(c2cccnc2[N+](=O)[O-])C1. The molecule has 1 atom stereocenters. The molecule has 0 radical (unpaired) electrons. The Hall–Kier alpha value is -1.69. The molecule has 1 aromatic heterocycles. The van der Waals surface area contributed by atoms with Gasteiger partial charge >= 0.3 is 5.82 Å². The van der Waals surface area contributed by atoms with Crippen molar-refractivity contribution in [1.29, 1.82) is 0 Å². The Balaban J connectivity index is 2.31. The molecule has 2 N–H and O–H groups in total. The largest absolute Gasteiger partial charge is 0.387 e. The Morgan fingerprint density at radius 1 is 1.67 bits per heavy atom. The summed E-state index contributed by atoms with van der Waals surface area (Å²) in [4.78, 5) is 16.0. The van der Waals surface area contributed by atoms with Gasteiger partial charge in [-0.1, -0.05) is 0 Å². The van der Waals surface area contributed by atoms with Crippen LogP contribution >= 0.6 is 0 Å². The molecule has 2 rings (SSSR count). The van der Waals surface area contributed by atoms with Gasteiger partial charge in [0.15, 0.2) is 0 Å². The van der Waals surface area contributed by atoms with E-state index in [9.17, 15) is 10.1 Å². The number of anilines is 1. The highest BCUT2D eigenvalue weighted by atomic mass is 16.6. The van der Waals surface area contributed by atoms with E-state index in [1.54, 1.807) is 12.1 Å². The molecule has 6 heteroatoms. The van der Waals surface area contributed by atoms with Crippen LogP contribution in [0.3, 0.4) is 0 Å². The first kappa shape index (κ1) is 9.85. The predicted molar refractivity (Wildman–Crippen MR) is 55.7 cm³/mol. The van der Waals surface area contributed by atoms with Crippen molar-refractivity contribution < 1.29 is 4.92 Å². The van der Waals surface area contributed by atoms with Gasteiger partial charge in [0.2, 0.25) is 0 Å². The van der Waals surface area contributed by atoms with Crippen molar-refractivity contribution in [2.45, 2.75) is 12.5 Å². The van der Waals surface area contributed by atoms with Gasteiger partial charge in [0.1, 0.15) is 11.9 Å². The van der Waals surface area contributed by atoms with E-state index in [0.717, 1.165) is 13.0 Å². The number of hydrogen-bond donors (Lipinski definition) is 1. The van der Waals surface area contributed by atoms with Crippen molar-refractivity contribution in [1.82, 2.24) is 4.98 Å². The first-order chi connectivity index (χ1) is 7.18. The predicted octanol–water partition coefficient (Wildman–Crippen LogP) is 0.527. The van der Waals surface area contributed by atoms with Crippen molar-refractivity contribution in [2.75, 3.05) is 18.0 Å². The van der Waals surface area contributed by atoms with Gasteiger partial charge in [-0.2, -0.15) is 0 Å². The van der Waals surface area contributed by atoms with Crippen molar-refractivity contribution in [3.05, 3.63) is 28.4 Å². The molecule has 0 aliphatic carbocycles. The Morgan fingerprint density at radius 2 is 2.47 bits per heavy atom. The molecule has 0 bridgehead atoms. The van der Waals surface area contributed by atoms with E-state index >= 15 is 0 Å². The molecule has 0 aromatic carbocycles. The van der Waals surface area contributed by atoms with Crippen LogP contribution in [0.5, 0.6) is 0 Å². The summed E-state index contributed by atoms with van der Waals surface area (Å²) in [5.41, 5.74) is 6.32. The highest BCUT2D eigenvalue weighted by Gasteiger charge is 2.25. The van der Waals surface area contributed by atoms with E-state index in [0.29, 0.717) is 12.2 Å². The molecular weight excluding hydrogens is 196 g/mol. The molecule has 2 heterocycles. The summed E-state index contributed by atoms with van der Waals surface area (Å²) in [5.74, 6) is -0.0911. The first-order valence-corrected chi connectivity index (χ1v) is 4.78. The average molecular weight is 208 g/mol. The Bertz CT molecular complexity index is 382. The van der Waals surface area contributed by atoms with Gasteiger partial charge < -0.3 is 20.7 Å². The zero-order valence-corrected chi connectivity index (χ0v) is 8.17. The molecule has 1 saturated heterocycles. The normalized spacial score (nSPS) is 20.6. The zero-order chi connectivity index (χ0) is 10.8. The minimum absolute atomic E-state index is 0.0911. The Labute approximate surface area is 86.9 Å². The maximum Gasteiger partial charge on any atom is 0.387 e. The number of rotatable bonds is 2. The molecule has 6 nitrogen and oxygen atoms in total. The fourth-order valence-electron chi connectivity index (χ4n) is 1.78. The van der Waals surface area contributed by atoms with Gasteiger partial charge in [0.25, 0.3) is 0 Å². The van der Waals surface area contributed by atoms with Crippen LogP contribution in [0, 0.1) is 10.1 Å². The zero-order valence-electron chi connectivity index (χ0n) is 8.17. The summed E-state index contributed by atoms with van der Waals surface area (Å²) >= 11 is 0. The van der Waals surface area contributed by atoms with Gasteiger partial charge in [0.05, 0.1) is 0 Å². The number of nitro groups is 1. The van der Waals surface area contributed by atoms with Crippen LogP contribution in [-0.2, 0) is 0 Å². The monoisotopic (exact) mass is 208 g/mol. The van der Waals surface area contributed by atoms with Gasteiger partial charge in [-0.3, -0.25) is 0 Å². The highest BCUT2D eigenvalue weighted by molar-refractivity contribution is 5.59. The molecule has 0 saturated carbocycles. The molecule has 80 valence electrons. The number of hydrogen-bond acceptors (Lipinski definition) is 5. The van der Waals surface area contributed by atoms with E-state index in [1.165, 1.54) is 6.20 Å². The lowest BCUT2D eigenvalue weighted by Gasteiger charge is -2.16. The number of pyridine rings is 1. The van der Waals surface area contributed by atoms with Crippen LogP contribution < -0.4 is 10.6 Å². The molecule has 0 amide bonds. The second kappa shape index (κ2) is 3.82. The second-order valence-corrected chi connectivity index (χ2v) is 3.60. The summed E-state index contributed by atoms with van der Waals surface area (Å²) in [7, 11) is 0. The smallest absolute Gasteiger partial charge is 0.363 e. The third-order valence-electron chi connectivity index (χ3n) is 2.50. The van der Waals surface area contributed by atoms with Crippen LogP contribution in [0.4, 0.5) is 11.5 Å². The van der Waals surface area contributed by atoms with Crippen LogP contribution in [0.2, 0.25) is 0 Å². The molecule has 0 spiro atoms. The highest BCUT2D eigenvalue weighted by Crippen LogP contribution is 2.27. The van der Waals surface area contributed by atoms with E-state index in [4.69, 9.17) is 5.73 Å². The third-order valence-corrected chi connectivity index (χ3v) is 2.50. The quantitative estimate of drug-likeness (QED) is 0.566. The third kappa shape index (κ3) is 1.89. The lowest BCUT2D eigenvalue weighted by atomic mass is 10.3. The lowest BCUT2D eigenvalue weighted by Crippen LogP contribution is -2.26. The van der Waals surface area contributed by atoms with Crippen LogP contribution in [-0.4, -0.2) is 29.0 Å². The number of nitrogens with two attached hydrogens (primary N) is 1. The standard InChI is InChI=1S/C9H12N4O2/c10-7-3-5-12(6-7)8-2-1-4-11-9(8)13(14)15/h1-2,4,7H,3,5-6,10H2. The Kier molecular flexibility index (Phi) is 2.51. The van der Waals surface area contributed by atoms with Crippen molar-refractivity contribution in [2.24, 2.45) is 5.73 Å². The summed E-state index contributed by atoms with van der Waals surface area (Å²) in [6.07, 6.45) is 2.30. The van der Waals surface area contributed by atoms with E-state index in [-0.39, 0.29) is 11.9 Å². The van der Waals surface area contributed by atoms with Crippen molar-refractivity contribution in [3.8, 4) is 0 Å². The van der Waals surface area contributed by atoms with Gasteiger partial charge in [-0.25, -0.2) is 0 Å². The van der Waals surface area contributed by atoms with Gasteiger partial charge in [-0.15, -0.1) is 0 Å². The van der Waals surface area contributed by atoms with Crippen LogP contribution in [0.1, 0.15) is 6.42 Å². The molecule has 1 aliphatic rings. The van der Waals surface area contributed by atoms with Gasteiger partial charge in [0, 0.05) is 19.1 Å². The summed E-state index contributed by atoms with van der Waals surface area (Å²) in [6.45, 7) is 1.42. The van der Waals surface area contributed by atoms with E-state index in [1.807, 2.05) is 4.90 Å². The van der Waals surface area contributed by atoms with E-state index < -0.39 is 4.92 Å². The fraction of sp³-hybridized carbons (Fsp3) is 0.444. The minimum atomic E-state index is -0.459. The maximum absolute atomic E-state index is 10.7. The van der Waals surface area contributed by atoms with Gasteiger partial charge in [-0.05, 0) is 28.5 Å². The van der Waals surface area contributed by atoms with Crippen molar-refractivity contribution in [3.63, 3.8) is 0 Å². The Morgan fingerprint density at radius 3 is 3.07 bits per heavy atom. The second-order valence-electron chi connectivity index (χ2n) is 3.60. The minimum Gasteiger partial charge on any atom is -0.363 e. The number of aromatic nitrogens is 1. The summed E-state index contributed by atoms with van der Waals surface area (Å²) in [5, 5.41) is 10.7. The van der Waals surface area contributed by atoms with Crippen molar-refractivity contribution >= 4 is 11.5 Å². The summed E-state index contributed by atoms with van der Waals surface area (Å²) < 4.78 is 0.